The van der Waals surface area contributed by atoms with E-state index in [9.17, 15) is 10.1 Å². The summed E-state index contributed by atoms with van der Waals surface area (Å²) in [6.45, 7) is 0. The van der Waals surface area contributed by atoms with E-state index in [1.807, 2.05) is 0 Å². The normalized spacial score (nSPS) is 10.4. The van der Waals surface area contributed by atoms with Crippen molar-refractivity contribution in [3.8, 4) is 0 Å². The molecule has 0 bridgehead atoms. The molecule has 0 radical (unpaired) electrons. The number of benzene rings is 1. The highest BCUT2D eigenvalue weighted by atomic mass is 35.5. The minimum absolute atomic E-state index is 0.0236. The summed E-state index contributed by atoms with van der Waals surface area (Å²) in [6.07, 6.45) is 1.55. The lowest BCUT2D eigenvalue weighted by atomic mass is 10.2. The average Bonchev–Trinajstić information content (AvgIpc) is 2.39. The standard InChI is InChI=1S/C12H10ClN3O2S/c13-9-2-1-8(11(5-9)16(17)18)7-19-12-4-3-10(14)6-15-12/h1-6H,7,14H2. The second kappa shape index (κ2) is 5.90. The van der Waals surface area contributed by atoms with Crippen molar-refractivity contribution >= 4 is 34.7 Å². The molecule has 0 aliphatic heterocycles. The summed E-state index contributed by atoms with van der Waals surface area (Å²) in [5, 5.41) is 12.1. The molecule has 5 nitrogen and oxygen atoms in total. The highest BCUT2D eigenvalue weighted by molar-refractivity contribution is 7.98. The summed E-state index contributed by atoms with van der Waals surface area (Å²) in [5.41, 5.74) is 6.76. The molecule has 0 aliphatic carbocycles. The number of nitrogens with zero attached hydrogens (tertiary/aromatic N) is 2. The third kappa shape index (κ3) is 3.59. The van der Waals surface area contributed by atoms with Crippen LogP contribution in [-0.4, -0.2) is 9.91 Å². The van der Waals surface area contributed by atoms with Crippen LogP contribution in [0.3, 0.4) is 0 Å². The maximum atomic E-state index is 10.9. The fraction of sp³-hybridized carbons (Fsp3) is 0.0833. The minimum atomic E-state index is -0.432. The van der Waals surface area contributed by atoms with Crippen LogP contribution in [0.15, 0.2) is 41.6 Å². The van der Waals surface area contributed by atoms with Gasteiger partial charge in [0.2, 0.25) is 0 Å². The number of nitro benzene ring substituents is 1. The first kappa shape index (κ1) is 13.6. The molecule has 1 heterocycles. The van der Waals surface area contributed by atoms with Crippen molar-refractivity contribution in [2.75, 3.05) is 5.73 Å². The molecule has 98 valence electrons. The Balaban J connectivity index is 2.15. The number of hydrogen-bond donors (Lipinski definition) is 1. The van der Waals surface area contributed by atoms with Crippen LogP contribution in [0.4, 0.5) is 11.4 Å². The molecule has 0 unspecified atom stereocenters. The Kier molecular flexibility index (Phi) is 4.24. The van der Waals surface area contributed by atoms with Crippen molar-refractivity contribution in [3.05, 3.63) is 57.2 Å². The van der Waals surface area contributed by atoms with Gasteiger partial charge in [0.15, 0.2) is 0 Å². The van der Waals surface area contributed by atoms with E-state index in [2.05, 4.69) is 4.98 Å². The molecule has 0 fully saturated rings. The number of nitro groups is 1. The third-order valence-electron chi connectivity index (χ3n) is 2.38. The average molecular weight is 296 g/mol. The van der Waals surface area contributed by atoms with Crippen molar-refractivity contribution in [2.24, 2.45) is 0 Å². The molecule has 2 rings (SSSR count). The number of pyridine rings is 1. The fourth-order valence-electron chi connectivity index (χ4n) is 1.46. The predicted molar refractivity (Wildman–Crippen MR) is 76.3 cm³/mol. The Morgan fingerprint density at radius 2 is 2.16 bits per heavy atom. The van der Waals surface area contributed by atoms with Crippen LogP contribution in [0.2, 0.25) is 5.02 Å². The van der Waals surface area contributed by atoms with Crippen molar-refractivity contribution in [1.82, 2.24) is 4.98 Å². The second-order valence-corrected chi connectivity index (χ2v) is 5.18. The van der Waals surface area contributed by atoms with Gasteiger partial charge in [0.1, 0.15) is 0 Å². The summed E-state index contributed by atoms with van der Waals surface area (Å²) in [4.78, 5) is 14.6. The van der Waals surface area contributed by atoms with Gasteiger partial charge in [0.25, 0.3) is 5.69 Å². The van der Waals surface area contributed by atoms with E-state index >= 15 is 0 Å². The summed E-state index contributed by atoms with van der Waals surface area (Å²) in [6, 6.07) is 8.17. The quantitative estimate of drug-likeness (QED) is 0.530. The Morgan fingerprint density at radius 1 is 1.37 bits per heavy atom. The number of nitrogens with two attached hydrogens (primary N) is 1. The first-order chi connectivity index (χ1) is 9.06. The Morgan fingerprint density at radius 3 is 2.79 bits per heavy atom. The van der Waals surface area contributed by atoms with Crippen LogP contribution in [0.5, 0.6) is 0 Å². The number of halogens is 1. The van der Waals surface area contributed by atoms with E-state index in [1.165, 1.54) is 17.8 Å². The molecule has 2 N–H and O–H groups in total. The maximum Gasteiger partial charge on any atom is 0.274 e. The SMILES string of the molecule is Nc1ccc(SCc2ccc(Cl)cc2[N+](=O)[O-])nc1. The molecule has 0 amide bonds. The van der Waals surface area contributed by atoms with Crippen LogP contribution in [0.1, 0.15) is 5.56 Å². The number of anilines is 1. The lowest BCUT2D eigenvalue weighted by Gasteiger charge is -2.03. The van der Waals surface area contributed by atoms with E-state index in [-0.39, 0.29) is 5.69 Å². The van der Waals surface area contributed by atoms with Crippen LogP contribution < -0.4 is 5.73 Å². The summed E-state index contributed by atoms with van der Waals surface area (Å²) in [5.74, 6) is 0.449. The molecular weight excluding hydrogens is 286 g/mol. The number of thioether (sulfide) groups is 1. The lowest BCUT2D eigenvalue weighted by Crippen LogP contribution is -1.94. The van der Waals surface area contributed by atoms with Gasteiger partial charge in [-0.1, -0.05) is 11.6 Å². The van der Waals surface area contributed by atoms with Crippen LogP contribution in [-0.2, 0) is 5.75 Å². The van der Waals surface area contributed by atoms with Gasteiger partial charge in [-0.2, -0.15) is 0 Å². The number of hydrogen-bond acceptors (Lipinski definition) is 5. The predicted octanol–water partition coefficient (Wildman–Crippen LogP) is 3.52. The van der Waals surface area contributed by atoms with E-state index in [0.717, 1.165) is 5.03 Å². The summed E-state index contributed by atoms with van der Waals surface area (Å²) >= 11 is 7.16. The summed E-state index contributed by atoms with van der Waals surface area (Å²) < 4.78 is 0. The molecular formula is C12H10ClN3O2S. The van der Waals surface area contributed by atoms with E-state index < -0.39 is 4.92 Å². The Labute approximate surface area is 118 Å². The van der Waals surface area contributed by atoms with Crippen molar-refractivity contribution in [1.29, 1.82) is 0 Å². The molecule has 2 aromatic rings. The van der Waals surface area contributed by atoms with Gasteiger partial charge in [-0.05, 0) is 24.3 Å². The molecule has 19 heavy (non-hydrogen) atoms. The molecule has 1 aromatic heterocycles. The maximum absolute atomic E-state index is 10.9. The lowest BCUT2D eigenvalue weighted by molar-refractivity contribution is -0.385. The topological polar surface area (TPSA) is 82.0 Å². The first-order valence-electron chi connectivity index (χ1n) is 5.33. The Bertz CT molecular complexity index is 604. The van der Waals surface area contributed by atoms with Gasteiger partial charge in [-0.15, -0.1) is 11.8 Å². The zero-order chi connectivity index (χ0) is 13.8. The molecule has 0 aliphatic rings. The highest BCUT2D eigenvalue weighted by Crippen LogP contribution is 2.29. The fourth-order valence-corrected chi connectivity index (χ4v) is 2.46. The van der Waals surface area contributed by atoms with E-state index in [0.29, 0.717) is 22.0 Å². The molecule has 1 aromatic carbocycles. The Hall–Kier alpha value is -1.79. The van der Waals surface area contributed by atoms with Crippen molar-refractivity contribution in [3.63, 3.8) is 0 Å². The van der Waals surface area contributed by atoms with E-state index in [1.54, 1.807) is 30.5 Å². The van der Waals surface area contributed by atoms with Crippen LogP contribution in [0, 0.1) is 10.1 Å². The van der Waals surface area contributed by atoms with Gasteiger partial charge >= 0.3 is 0 Å². The number of aromatic nitrogens is 1. The monoisotopic (exact) mass is 295 g/mol. The number of rotatable bonds is 4. The zero-order valence-electron chi connectivity index (χ0n) is 9.75. The first-order valence-corrected chi connectivity index (χ1v) is 6.70. The van der Waals surface area contributed by atoms with Gasteiger partial charge in [0, 0.05) is 22.4 Å². The molecule has 0 saturated heterocycles. The smallest absolute Gasteiger partial charge is 0.274 e. The van der Waals surface area contributed by atoms with Crippen LogP contribution in [0.25, 0.3) is 0 Å². The largest absolute Gasteiger partial charge is 0.397 e. The number of nitrogen functional groups attached to an aromatic ring is 1. The molecule has 7 heteroatoms. The van der Waals surface area contributed by atoms with Gasteiger partial charge in [0.05, 0.1) is 21.8 Å². The van der Waals surface area contributed by atoms with Crippen LogP contribution >= 0.6 is 23.4 Å². The molecule has 0 atom stereocenters. The van der Waals surface area contributed by atoms with Gasteiger partial charge in [-0.3, -0.25) is 10.1 Å². The molecule has 0 spiro atoms. The van der Waals surface area contributed by atoms with Crippen molar-refractivity contribution < 1.29 is 4.92 Å². The highest BCUT2D eigenvalue weighted by Gasteiger charge is 2.14. The second-order valence-electron chi connectivity index (χ2n) is 3.75. The van der Waals surface area contributed by atoms with Crippen molar-refractivity contribution in [2.45, 2.75) is 10.8 Å². The zero-order valence-corrected chi connectivity index (χ0v) is 11.3. The third-order valence-corrected chi connectivity index (χ3v) is 3.61. The van der Waals surface area contributed by atoms with E-state index in [4.69, 9.17) is 17.3 Å². The minimum Gasteiger partial charge on any atom is -0.397 e. The molecule has 0 saturated carbocycles. The summed E-state index contributed by atoms with van der Waals surface area (Å²) in [7, 11) is 0. The van der Waals surface area contributed by atoms with Gasteiger partial charge < -0.3 is 5.73 Å². The van der Waals surface area contributed by atoms with Gasteiger partial charge in [-0.25, -0.2) is 4.98 Å².